The Bertz CT molecular complexity index is 547. The van der Waals surface area contributed by atoms with Gasteiger partial charge in [-0.2, -0.15) is 0 Å². The van der Waals surface area contributed by atoms with Gasteiger partial charge in [0.25, 0.3) is 0 Å². The summed E-state index contributed by atoms with van der Waals surface area (Å²) in [7, 11) is 0. The zero-order chi connectivity index (χ0) is 13.8. The van der Waals surface area contributed by atoms with Crippen molar-refractivity contribution < 1.29 is 14.2 Å². The lowest BCUT2D eigenvalue weighted by atomic mass is 10.1. The summed E-state index contributed by atoms with van der Waals surface area (Å²) in [6.45, 7) is 3.60. The molecule has 0 amide bonds. The fraction of sp³-hybridized carbons (Fsp3) is 0.250. The van der Waals surface area contributed by atoms with E-state index in [4.69, 9.17) is 4.74 Å². The molecular weight excluding hydrogens is 243 g/mol. The predicted octanol–water partition coefficient (Wildman–Crippen LogP) is 4.23. The highest BCUT2D eigenvalue weighted by Gasteiger charge is 2.15. The summed E-state index contributed by atoms with van der Waals surface area (Å²) in [6.07, 6.45) is 0.0465. The molecule has 3 heteroatoms. The van der Waals surface area contributed by atoms with Gasteiger partial charge in [-0.25, -0.2) is 4.39 Å². The molecule has 2 rings (SSSR count). The van der Waals surface area contributed by atoms with E-state index in [1.165, 1.54) is 18.6 Å². The van der Waals surface area contributed by atoms with Gasteiger partial charge in [-0.05, 0) is 43.2 Å². The van der Waals surface area contributed by atoms with Crippen LogP contribution in [0.1, 0.15) is 31.1 Å². The van der Waals surface area contributed by atoms with E-state index >= 15 is 0 Å². The minimum atomic E-state index is -0.911. The monoisotopic (exact) mass is 260 g/mol. The molecule has 0 bridgehead atoms. The minimum Gasteiger partial charge on any atom is -0.457 e. The number of aryl methyl sites for hydroxylation is 1. The van der Waals surface area contributed by atoms with Gasteiger partial charge in [0.15, 0.2) is 0 Å². The number of hydrogen-bond donors (Lipinski definition) is 1. The Morgan fingerprint density at radius 2 is 1.84 bits per heavy atom. The second kappa shape index (κ2) is 5.85. The molecule has 2 nitrogen and oxygen atoms in total. The Kier molecular flexibility index (Phi) is 4.17. The van der Waals surface area contributed by atoms with Crippen LogP contribution in [0.3, 0.4) is 0 Å². The predicted molar refractivity (Wildman–Crippen MR) is 72.9 cm³/mol. The summed E-state index contributed by atoms with van der Waals surface area (Å²) in [4.78, 5) is 0. The highest BCUT2D eigenvalue weighted by atomic mass is 19.1. The molecule has 19 heavy (non-hydrogen) atoms. The van der Waals surface area contributed by atoms with E-state index in [1.807, 2.05) is 24.3 Å². The molecule has 1 unspecified atom stereocenters. The van der Waals surface area contributed by atoms with E-state index in [0.29, 0.717) is 11.5 Å². The molecule has 2 aromatic carbocycles. The molecule has 0 heterocycles. The Labute approximate surface area is 112 Å². The lowest BCUT2D eigenvalue weighted by Crippen LogP contribution is -1.99. The Hall–Kier alpha value is -1.87. The average Bonchev–Trinajstić information content (AvgIpc) is 2.39. The van der Waals surface area contributed by atoms with E-state index in [-0.39, 0.29) is 5.56 Å². The van der Waals surface area contributed by atoms with E-state index in [2.05, 4.69) is 6.92 Å². The van der Waals surface area contributed by atoms with Gasteiger partial charge in [0, 0.05) is 0 Å². The van der Waals surface area contributed by atoms with Gasteiger partial charge in [-0.3, -0.25) is 0 Å². The number of halogens is 1. The third kappa shape index (κ3) is 3.12. The van der Waals surface area contributed by atoms with Crippen LogP contribution in [-0.2, 0) is 6.42 Å². The number of ether oxygens (including phenoxy) is 1. The summed E-state index contributed by atoms with van der Waals surface area (Å²) in [6, 6.07) is 12.2. The molecule has 0 aliphatic rings. The van der Waals surface area contributed by atoms with Crippen molar-refractivity contribution in [3.8, 4) is 11.5 Å². The Morgan fingerprint density at radius 3 is 2.42 bits per heavy atom. The molecular formula is C16H17FO2. The first-order valence-electron chi connectivity index (χ1n) is 6.35. The van der Waals surface area contributed by atoms with Crippen molar-refractivity contribution in [2.75, 3.05) is 0 Å². The number of aliphatic hydroxyl groups excluding tert-OH is 1. The van der Waals surface area contributed by atoms with E-state index in [1.54, 1.807) is 12.1 Å². The molecule has 0 radical (unpaired) electrons. The molecule has 100 valence electrons. The van der Waals surface area contributed by atoms with Crippen LogP contribution in [0.15, 0.2) is 42.5 Å². The van der Waals surface area contributed by atoms with Crippen LogP contribution >= 0.6 is 0 Å². The first kappa shape index (κ1) is 13.6. The molecule has 0 saturated carbocycles. The van der Waals surface area contributed by atoms with Gasteiger partial charge in [-0.15, -0.1) is 0 Å². The van der Waals surface area contributed by atoms with Gasteiger partial charge in [0.05, 0.1) is 11.7 Å². The lowest BCUT2D eigenvalue weighted by molar-refractivity contribution is 0.190. The van der Waals surface area contributed by atoms with Crippen molar-refractivity contribution in [2.24, 2.45) is 0 Å². The summed E-state index contributed by atoms with van der Waals surface area (Å²) >= 11 is 0. The maximum absolute atomic E-state index is 13.7. The van der Waals surface area contributed by atoms with Gasteiger partial charge >= 0.3 is 0 Å². The first-order valence-corrected chi connectivity index (χ1v) is 6.35. The Balaban J connectivity index is 2.29. The van der Waals surface area contributed by atoms with Crippen molar-refractivity contribution in [3.05, 3.63) is 59.4 Å². The molecule has 0 saturated heterocycles. The van der Waals surface area contributed by atoms with Crippen LogP contribution in [-0.4, -0.2) is 5.11 Å². The van der Waals surface area contributed by atoms with Crippen molar-refractivity contribution in [1.82, 2.24) is 0 Å². The maximum Gasteiger partial charge on any atom is 0.136 e. The highest BCUT2D eigenvalue weighted by molar-refractivity contribution is 5.40. The fourth-order valence-electron chi connectivity index (χ4n) is 1.93. The van der Waals surface area contributed by atoms with Gasteiger partial charge in [0.2, 0.25) is 0 Å². The van der Waals surface area contributed by atoms with Crippen molar-refractivity contribution >= 4 is 0 Å². The molecule has 0 fully saturated rings. The summed E-state index contributed by atoms with van der Waals surface area (Å²) in [5, 5.41) is 9.63. The maximum atomic E-state index is 13.7. The van der Waals surface area contributed by atoms with E-state index in [9.17, 15) is 9.50 Å². The Morgan fingerprint density at radius 1 is 1.16 bits per heavy atom. The largest absolute Gasteiger partial charge is 0.457 e. The molecule has 0 aliphatic carbocycles. The zero-order valence-electron chi connectivity index (χ0n) is 11.1. The molecule has 1 N–H and O–H groups in total. The standard InChI is InChI=1S/C16H17FO2/c1-3-12-7-9-13(10-8-12)19-15-6-4-5-14(17)16(15)11(2)18/h4-11,18H,3H2,1-2H3. The zero-order valence-corrected chi connectivity index (χ0v) is 11.1. The second-order valence-corrected chi connectivity index (χ2v) is 4.43. The molecule has 0 aliphatic heterocycles. The summed E-state index contributed by atoms with van der Waals surface area (Å²) < 4.78 is 19.3. The van der Waals surface area contributed by atoms with Crippen molar-refractivity contribution in [2.45, 2.75) is 26.4 Å². The molecule has 2 aromatic rings. The fourth-order valence-corrected chi connectivity index (χ4v) is 1.93. The van der Waals surface area contributed by atoms with E-state index in [0.717, 1.165) is 6.42 Å². The third-order valence-corrected chi connectivity index (χ3v) is 2.99. The van der Waals surface area contributed by atoms with Gasteiger partial charge in [0.1, 0.15) is 17.3 Å². The normalized spacial score (nSPS) is 12.2. The van der Waals surface area contributed by atoms with Crippen LogP contribution in [0.4, 0.5) is 4.39 Å². The highest BCUT2D eigenvalue weighted by Crippen LogP contribution is 2.31. The van der Waals surface area contributed by atoms with Crippen LogP contribution in [0.5, 0.6) is 11.5 Å². The SMILES string of the molecule is CCc1ccc(Oc2cccc(F)c2C(C)O)cc1. The number of benzene rings is 2. The minimum absolute atomic E-state index is 0.182. The summed E-state index contributed by atoms with van der Waals surface area (Å²) in [5.74, 6) is 0.515. The molecule has 0 spiro atoms. The van der Waals surface area contributed by atoms with Crippen LogP contribution in [0, 0.1) is 5.82 Å². The van der Waals surface area contributed by atoms with E-state index < -0.39 is 11.9 Å². The van der Waals surface area contributed by atoms with Crippen LogP contribution in [0.2, 0.25) is 0 Å². The van der Waals surface area contributed by atoms with Gasteiger partial charge < -0.3 is 9.84 Å². The number of hydrogen-bond acceptors (Lipinski definition) is 2. The van der Waals surface area contributed by atoms with Crippen LogP contribution in [0.25, 0.3) is 0 Å². The smallest absolute Gasteiger partial charge is 0.136 e. The summed E-state index contributed by atoms with van der Waals surface area (Å²) in [5.41, 5.74) is 1.39. The molecule has 0 aromatic heterocycles. The number of rotatable bonds is 4. The van der Waals surface area contributed by atoms with Gasteiger partial charge in [-0.1, -0.05) is 25.1 Å². The third-order valence-electron chi connectivity index (χ3n) is 2.99. The topological polar surface area (TPSA) is 29.5 Å². The molecule has 1 atom stereocenters. The average molecular weight is 260 g/mol. The number of aliphatic hydroxyl groups is 1. The first-order chi connectivity index (χ1) is 9.11. The lowest BCUT2D eigenvalue weighted by Gasteiger charge is -2.14. The second-order valence-electron chi connectivity index (χ2n) is 4.43. The quantitative estimate of drug-likeness (QED) is 0.891. The van der Waals surface area contributed by atoms with Crippen molar-refractivity contribution in [3.63, 3.8) is 0 Å². The van der Waals surface area contributed by atoms with Crippen LogP contribution < -0.4 is 4.74 Å². The van der Waals surface area contributed by atoms with Crippen molar-refractivity contribution in [1.29, 1.82) is 0 Å².